The lowest BCUT2D eigenvalue weighted by Gasteiger charge is -2.28. The lowest BCUT2D eigenvalue weighted by atomic mass is 10.0. The molecule has 0 saturated heterocycles. The van der Waals surface area contributed by atoms with Gasteiger partial charge in [-0.3, -0.25) is 19.5 Å². The van der Waals surface area contributed by atoms with E-state index in [0.717, 1.165) is 55.7 Å². The summed E-state index contributed by atoms with van der Waals surface area (Å²) in [4.78, 5) is 40.0. The largest absolute Gasteiger partial charge is 0.387 e. The van der Waals surface area contributed by atoms with Crippen LogP contribution in [0.4, 0.5) is 11.4 Å². The zero-order valence-corrected chi connectivity index (χ0v) is 25.9. The van der Waals surface area contributed by atoms with Crippen LogP contribution >= 0.6 is 0 Å². The molecule has 2 amide bonds. The van der Waals surface area contributed by atoms with Crippen molar-refractivity contribution in [3.63, 3.8) is 0 Å². The summed E-state index contributed by atoms with van der Waals surface area (Å²) in [6.07, 6.45) is 6.53. The van der Waals surface area contributed by atoms with Gasteiger partial charge in [-0.05, 0) is 48.2 Å². The van der Waals surface area contributed by atoms with Crippen LogP contribution in [0.5, 0.6) is 0 Å². The monoisotopic (exact) mass is 580 g/mol. The van der Waals surface area contributed by atoms with Crippen molar-refractivity contribution in [2.45, 2.75) is 66.5 Å². The van der Waals surface area contributed by atoms with Crippen LogP contribution in [0.25, 0.3) is 6.08 Å². The highest BCUT2D eigenvalue weighted by Gasteiger charge is 2.22. The van der Waals surface area contributed by atoms with Gasteiger partial charge < -0.3 is 16.0 Å². The average molecular weight is 581 g/mol. The van der Waals surface area contributed by atoms with Crippen molar-refractivity contribution in [2.75, 3.05) is 25.0 Å². The van der Waals surface area contributed by atoms with Gasteiger partial charge in [0.1, 0.15) is 5.84 Å². The quantitative estimate of drug-likeness (QED) is 0.307. The van der Waals surface area contributed by atoms with Crippen LogP contribution in [0.3, 0.4) is 0 Å². The first-order valence-corrected chi connectivity index (χ1v) is 15.5. The third-order valence-corrected chi connectivity index (χ3v) is 7.43. The molecule has 0 fully saturated rings. The number of nitrogens with one attached hydrogen (secondary N) is 1. The minimum atomic E-state index is -0.248. The van der Waals surface area contributed by atoms with Gasteiger partial charge >= 0.3 is 0 Å². The van der Waals surface area contributed by atoms with Crippen LogP contribution in [-0.2, 0) is 24.3 Å². The van der Waals surface area contributed by atoms with Crippen molar-refractivity contribution in [2.24, 2.45) is 10.7 Å². The molecule has 226 valence electrons. The second kappa shape index (κ2) is 15.3. The van der Waals surface area contributed by atoms with E-state index in [-0.39, 0.29) is 18.2 Å². The van der Waals surface area contributed by atoms with Gasteiger partial charge in [0, 0.05) is 68.0 Å². The van der Waals surface area contributed by atoms with Gasteiger partial charge in [0.15, 0.2) is 0 Å². The Labute approximate surface area is 255 Å². The van der Waals surface area contributed by atoms with Crippen molar-refractivity contribution in [3.8, 4) is 0 Å². The molecule has 3 aromatic rings. The molecule has 0 spiro atoms. The Balaban J connectivity index is 0.00000207. The minimum Gasteiger partial charge on any atom is -0.387 e. The molecule has 0 aliphatic carbocycles. The highest BCUT2D eigenvalue weighted by atomic mass is 16.2. The Morgan fingerprint density at radius 1 is 1.02 bits per heavy atom. The number of carbonyl (C=O) groups is 2. The predicted molar refractivity (Wildman–Crippen MR) is 175 cm³/mol. The normalized spacial score (nSPS) is 14.1. The number of nitrogens with two attached hydrogens (primary N) is 1. The van der Waals surface area contributed by atoms with Crippen LogP contribution in [0.15, 0.2) is 71.4 Å². The highest BCUT2D eigenvalue weighted by Crippen LogP contribution is 2.29. The lowest BCUT2D eigenvalue weighted by molar-refractivity contribution is -0.127. The highest BCUT2D eigenvalue weighted by molar-refractivity contribution is 6.07. The van der Waals surface area contributed by atoms with Crippen LogP contribution in [0.1, 0.15) is 79.7 Å². The van der Waals surface area contributed by atoms with Gasteiger partial charge in [0.25, 0.3) is 5.91 Å². The summed E-state index contributed by atoms with van der Waals surface area (Å²) in [5.41, 5.74) is 12.8. The third-order valence-electron chi connectivity index (χ3n) is 7.43. The Hall–Kier alpha value is -4.30. The molecular formula is C35H44N6O2. The van der Waals surface area contributed by atoms with Gasteiger partial charge in [0.05, 0.1) is 17.6 Å². The zero-order valence-electron chi connectivity index (χ0n) is 25.9. The van der Waals surface area contributed by atoms with Crippen molar-refractivity contribution in [1.29, 1.82) is 0 Å². The Morgan fingerprint density at radius 2 is 1.77 bits per heavy atom. The smallest absolute Gasteiger partial charge is 0.255 e. The Kier molecular flexibility index (Phi) is 11.2. The van der Waals surface area contributed by atoms with Crippen molar-refractivity contribution in [3.05, 3.63) is 94.3 Å². The molecule has 0 bridgehead atoms. The van der Waals surface area contributed by atoms with E-state index < -0.39 is 0 Å². The average Bonchev–Trinajstić information content (AvgIpc) is 3.19. The summed E-state index contributed by atoms with van der Waals surface area (Å²) >= 11 is 0. The fourth-order valence-corrected chi connectivity index (χ4v) is 5.46. The summed E-state index contributed by atoms with van der Waals surface area (Å²) < 4.78 is 0. The van der Waals surface area contributed by atoms with E-state index in [9.17, 15) is 9.59 Å². The molecular weight excluding hydrogens is 536 g/mol. The van der Waals surface area contributed by atoms with Gasteiger partial charge in [-0.2, -0.15) is 0 Å². The van der Waals surface area contributed by atoms with E-state index in [1.807, 2.05) is 43.0 Å². The number of carbonyl (C=O) groups excluding carboxylic acids is 2. The van der Waals surface area contributed by atoms with E-state index in [1.54, 1.807) is 18.3 Å². The number of rotatable bonds is 9. The molecule has 8 nitrogen and oxygen atoms in total. The van der Waals surface area contributed by atoms with E-state index in [4.69, 9.17) is 5.73 Å². The first-order chi connectivity index (χ1) is 20.9. The van der Waals surface area contributed by atoms with Gasteiger partial charge in [-0.15, -0.1) is 0 Å². The van der Waals surface area contributed by atoms with E-state index in [2.05, 4.69) is 58.3 Å². The number of amides is 2. The molecule has 0 atom stereocenters. The number of nitrogens with zero attached hydrogens (tertiary/aromatic N) is 4. The van der Waals surface area contributed by atoms with Crippen LogP contribution in [-0.4, -0.2) is 52.1 Å². The molecule has 0 unspecified atom stereocenters. The van der Waals surface area contributed by atoms with Crippen molar-refractivity contribution < 1.29 is 9.59 Å². The second-order valence-electron chi connectivity index (χ2n) is 10.7. The summed E-state index contributed by atoms with van der Waals surface area (Å²) in [6.45, 7) is 12.2. The van der Waals surface area contributed by atoms with Gasteiger partial charge in [-0.25, -0.2) is 4.99 Å². The van der Waals surface area contributed by atoms with Crippen molar-refractivity contribution >= 4 is 35.1 Å². The number of benzene rings is 2. The Morgan fingerprint density at radius 3 is 2.49 bits per heavy atom. The summed E-state index contributed by atoms with van der Waals surface area (Å²) in [6, 6.07) is 17.8. The molecule has 3 N–H and O–H groups in total. The Bertz CT molecular complexity index is 1470. The fourth-order valence-electron chi connectivity index (χ4n) is 5.46. The van der Waals surface area contributed by atoms with Crippen molar-refractivity contribution in [1.82, 2.24) is 14.8 Å². The van der Waals surface area contributed by atoms with E-state index in [0.29, 0.717) is 41.4 Å². The van der Waals surface area contributed by atoms with E-state index in [1.165, 1.54) is 5.56 Å². The maximum Gasteiger partial charge on any atom is 0.255 e. The molecule has 43 heavy (non-hydrogen) atoms. The summed E-state index contributed by atoms with van der Waals surface area (Å²) in [7, 11) is 0. The molecule has 2 aromatic carbocycles. The van der Waals surface area contributed by atoms with Crippen LogP contribution < -0.4 is 11.1 Å². The lowest BCUT2D eigenvalue weighted by Crippen LogP contribution is -2.34. The maximum atomic E-state index is 13.3. The molecule has 8 heteroatoms. The number of hydrogen-bond donors (Lipinski definition) is 2. The van der Waals surface area contributed by atoms with Crippen LogP contribution in [0, 0.1) is 0 Å². The molecule has 5 rings (SSSR count). The molecule has 0 saturated carbocycles. The number of anilines is 1. The topological polar surface area (TPSA) is 104 Å². The second-order valence-corrected chi connectivity index (χ2v) is 10.7. The zero-order chi connectivity index (χ0) is 30.8. The molecule has 3 heterocycles. The maximum absolute atomic E-state index is 13.3. The summed E-state index contributed by atoms with van der Waals surface area (Å²) in [5, 5.41) is 3.00. The number of hydrogen-bond acceptors (Lipinski definition) is 6. The SMILES string of the molecule is CC.CCCN(CCC)C(=O)C1=Cc2ccc(C(=O)Nc3cnc4c(c3)CN(Cc3ccccc3)CC4)cc2N=C(N)C1. The van der Waals surface area contributed by atoms with Gasteiger partial charge in [0.2, 0.25) is 5.91 Å². The molecule has 1 aromatic heterocycles. The first-order valence-electron chi connectivity index (χ1n) is 15.5. The summed E-state index contributed by atoms with van der Waals surface area (Å²) in [5.74, 6) is 0.0958. The standard InChI is InChI=1S/C33H38N6O2.C2H6/c1-3-13-39(14-4-2)33(41)26-16-24-10-11-25(18-30(24)37-31(34)19-26)32(40)36-28-17-27-22-38(15-12-29(27)35-20-28)21-23-8-6-5-7-9-23;1-2/h5-11,16-18,20H,3-4,12-15,19,21-22H2,1-2H3,(H2,34,37)(H,36,40);1-2H3. The number of amidine groups is 1. The molecule has 2 aliphatic heterocycles. The number of pyridine rings is 1. The fraction of sp³-hybridized carbons (Fsp3) is 0.371. The predicted octanol–water partition coefficient (Wildman–Crippen LogP) is 6.34. The minimum absolute atomic E-state index is 0.0104. The number of aromatic nitrogens is 1. The molecule has 0 radical (unpaired) electrons. The number of aliphatic imine (C=N–C) groups is 1. The van der Waals surface area contributed by atoms with Gasteiger partial charge in [-0.1, -0.05) is 64.1 Å². The molecule has 2 aliphatic rings. The number of fused-ring (bicyclic) bond motifs is 2. The third kappa shape index (κ3) is 8.17. The van der Waals surface area contributed by atoms with E-state index >= 15 is 0 Å². The van der Waals surface area contributed by atoms with Crippen LogP contribution in [0.2, 0.25) is 0 Å². The first kappa shape index (κ1) is 31.6.